The van der Waals surface area contributed by atoms with Crippen molar-refractivity contribution in [3.05, 3.63) is 35.4 Å². The van der Waals surface area contributed by atoms with Gasteiger partial charge in [0.25, 0.3) is 5.91 Å². The molecular formula is C14H17F2NO. The standard InChI is InChI=1S/C14H17F2NO/c1-14(6-2-3-7-14)9-17-13(18)11-8-10(15)4-5-12(11)16/h4-5,8H,2-3,6-7,9H2,1H3,(H,17,18). The van der Waals surface area contributed by atoms with E-state index in [1.165, 1.54) is 12.8 Å². The quantitative estimate of drug-likeness (QED) is 0.880. The lowest BCUT2D eigenvalue weighted by Gasteiger charge is -2.23. The first kappa shape index (κ1) is 13.0. The van der Waals surface area contributed by atoms with E-state index in [4.69, 9.17) is 0 Å². The van der Waals surface area contributed by atoms with Crippen molar-refractivity contribution >= 4 is 5.91 Å². The highest BCUT2D eigenvalue weighted by Crippen LogP contribution is 2.36. The first-order valence-corrected chi connectivity index (χ1v) is 6.23. The van der Waals surface area contributed by atoms with E-state index in [-0.39, 0.29) is 11.0 Å². The lowest BCUT2D eigenvalue weighted by Crippen LogP contribution is -2.34. The van der Waals surface area contributed by atoms with Gasteiger partial charge in [-0.05, 0) is 36.5 Å². The molecule has 1 amide bonds. The fraction of sp³-hybridized carbons (Fsp3) is 0.500. The molecule has 1 N–H and O–H groups in total. The van der Waals surface area contributed by atoms with Crippen LogP contribution in [0.2, 0.25) is 0 Å². The average Bonchev–Trinajstić information content (AvgIpc) is 2.77. The Bertz CT molecular complexity index is 453. The molecule has 0 radical (unpaired) electrons. The number of amides is 1. The lowest BCUT2D eigenvalue weighted by atomic mass is 9.89. The molecule has 1 saturated carbocycles. The van der Waals surface area contributed by atoms with Gasteiger partial charge in [0.2, 0.25) is 0 Å². The minimum atomic E-state index is -0.689. The van der Waals surface area contributed by atoms with Gasteiger partial charge in [-0.2, -0.15) is 0 Å². The molecule has 1 aromatic carbocycles. The Morgan fingerprint density at radius 1 is 1.33 bits per heavy atom. The Labute approximate surface area is 105 Å². The molecule has 2 nitrogen and oxygen atoms in total. The number of nitrogens with one attached hydrogen (secondary N) is 1. The molecule has 1 aliphatic carbocycles. The molecule has 2 rings (SSSR count). The summed E-state index contributed by atoms with van der Waals surface area (Å²) < 4.78 is 26.4. The Kier molecular flexibility index (Phi) is 3.64. The maximum absolute atomic E-state index is 13.4. The summed E-state index contributed by atoms with van der Waals surface area (Å²) in [7, 11) is 0. The zero-order valence-electron chi connectivity index (χ0n) is 10.4. The van der Waals surface area contributed by atoms with Crippen LogP contribution in [0.1, 0.15) is 43.0 Å². The topological polar surface area (TPSA) is 29.1 Å². The summed E-state index contributed by atoms with van der Waals surface area (Å²) in [6.07, 6.45) is 4.47. The van der Waals surface area contributed by atoms with Crippen molar-refractivity contribution in [1.29, 1.82) is 0 Å². The molecule has 0 saturated heterocycles. The van der Waals surface area contributed by atoms with E-state index in [0.29, 0.717) is 6.54 Å². The van der Waals surface area contributed by atoms with Gasteiger partial charge >= 0.3 is 0 Å². The molecule has 0 spiro atoms. The summed E-state index contributed by atoms with van der Waals surface area (Å²) in [6, 6.07) is 2.91. The van der Waals surface area contributed by atoms with Crippen LogP contribution in [0.25, 0.3) is 0 Å². The molecule has 0 heterocycles. The first-order valence-electron chi connectivity index (χ1n) is 6.23. The van der Waals surface area contributed by atoms with Crippen LogP contribution in [0.4, 0.5) is 8.78 Å². The first-order chi connectivity index (χ1) is 8.50. The number of carbonyl (C=O) groups is 1. The molecule has 0 aliphatic heterocycles. The van der Waals surface area contributed by atoms with Crippen LogP contribution >= 0.6 is 0 Å². The summed E-state index contributed by atoms with van der Waals surface area (Å²) in [5.41, 5.74) is -0.129. The van der Waals surface area contributed by atoms with Gasteiger partial charge in [-0.1, -0.05) is 19.8 Å². The average molecular weight is 253 g/mol. The van der Waals surface area contributed by atoms with E-state index >= 15 is 0 Å². The van der Waals surface area contributed by atoms with Crippen LogP contribution in [-0.2, 0) is 0 Å². The predicted molar refractivity (Wildman–Crippen MR) is 65.3 cm³/mol. The van der Waals surface area contributed by atoms with Crippen LogP contribution in [0.15, 0.2) is 18.2 Å². The number of hydrogen-bond acceptors (Lipinski definition) is 1. The van der Waals surface area contributed by atoms with Crippen molar-refractivity contribution in [2.24, 2.45) is 5.41 Å². The summed E-state index contributed by atoms with van der Waals surface area (Å²) in [4.78, 5) is 11.8. The van der Waals surface area contributed by atoms with Crippen molar-refractivity contribution in [1.82, 2.24) is 5.32 Å². The molecule has 1 fully saturated rings. The molecule has 18 heavy (non-hydrogen) atoms. The van der Waals surface area contributed by atoms with Gasteiger partial charge < -0.3 is 5.32 Å². The highest BCUT2D eigenvalue weighted by molar-refractivity contribution is 5.94. The Morgan fingerprint density at radius 3 is 2.67 bits per heavy atom. The number of carbonyl (C=O) groups excluding carboxylic acids is 1. The number of halogens is 2. The lowest BCUT2D eigenvalue weighted by molar-refractivity contribution is 0.0929. The molecule has 4 heteroatoms. The van der Waals surface area contributed by atoms with Crippen molar-refractivity contribution < 1.29 is 13.6 Å². The smallest absolute Gasteiger partial charge is 0.254 e. The zero-order chi connectivity index (χ0) is 13.2. The second-order valence-corrected chi connectivity index (χ2v) is 5.32. The number of benzene rings is 1. The fourth-order valence-corrected chi connectivity index (χ4v) is 2.47. The predicted octanol–water partition coefficient (Wildman–Crippen LogP) is 3.27. The van der Waals surface area contributed by atoms with E-state index in [1.807, 2.05) is 0 Å². The van der Waals surface area contributed by atoms with Gasteiger partial charge in [0, 0.05) is 6.54 Å². The highest BCUT2D eigenvalue weighted by atomic mass is 19.1. The molecule has 1 aliphatic rings. The normalized spacial score (nSPS) is 17.7. The SMILES string of the molecule is CC1(CNC(=O)c2cc(F)ccc2F)CCCC1. The van der Waals surface area contributed by atoms with Gasteiger partial charge in [-0.15, -0.1) is 0 Å². The maximum atomic E-state index is 13.4. The fourth-order valence-electron chi connectivity index (χ4n) is 2.47. The van der Waals surface area contributed by atoms with Crippen LogP contribution in [0.5, 0.6) is 0 Å². The van der Waals surface area contributed by atoms with Gasteiger partial charge in [0.1, 0.15) is 11.6 Å². The monoisotopic (exact) mass is 253 g/mol. The van der Waals surface area contributed by atoms with E-state index in [2.05, 4.69) is 12.2 Å². The van der Waals surface area contributed by atoms with Gasteiger partial charge in [0.15, 0.2) is 0 Å². The molecule has 0 atom stereocenters. The van der Waals surface area contributed by atoms with E-state index < -0.39 is 17.5 Å². The highest BCUT2D eigenvalue weighted by Gasteiger charge is 2.29. The van der Waals surface area contributed by atoms with Crippen LogP contribution < -0.4 is 5.32 Å². The molecule has 0 aromatic heterocycles. The summed E-state index contributed by atoms with van der Waals surface area (Å²) in [6.45, 7) is 2.63. The molecule has 1 aromatic rings. The molecular weight excluding hydrogens is 236 g/mol. The van der Waals surface area contributed by atoms with E-state index in [1.54, 1.807) is 0 Å². The second-order valence-electron chi connectivity index (χ2n) is 5.32. The summed E-state index contributed by atoms with van der Waals surface area (Å²) in [5.74, 6) is -1.83. The number of rotatable bonds is 3. The van der Waals surface area contributed by atoms with Gasteiger partial charge in [-0.25, -0.2) is 8.78 Å². The van der Waals surface area contributed by atoms with E-state index in [9.17, 15) is 13.6 Å². The molecule has 0 unspecified atom stereocenters. The van der Waals surface area contributed by atoms with Crippen molar-refractivity contribution in [3.8, 4) is 0 Å². The number of hydrogen-bond donors (Lipinski definition) is 1. The van der Waals surface area contributed by atoms with Gasteiger partial charge in [0.05, 0.1) is 5.56 Å². The summed E-state index contributed by atoms with van der Waals surface area (Å²) in [5, 5.41) is 2.70. The molecule has 0 bridgehead atoms. The van der Waals surface area contributed by atoms with E-state index in [0.717, 1.165) is 31.0 Å². The largest absolute Gasteiger partial charge is 0.351 e. The maximum Gasteiger partial charge on any atom is 0.254 e. The third-order valence-corrected chi connectivity index (χ3v) is 3.66. The zero-order valence-corrected chi connectivity index (χ0v) is 10.4. The van der Waals surface area contributed by atoms with Crippen molar-refractivity contribution in [2.45, 2.75) is 32.6 Å². The van der Waals surface area contributed by atoms with Crippen molar-refractivity contribution in [2.75, 3.05) is 6.54 Å². The third-order valence-electron chi connectivity index (χ3n) is 3.66. The third kappa shape index (κ3) is 2.86. The Hall–Kier alpha value is -1.45. The Balaban J connectivity index is 2.01. The van der Waals surface area contributed by atoms with Crippen molar-refractivity contribution in [3.63, 3.8) is 0 Å². The van der Waals surface area contributed by atoms with Gasteiger partial charge in [-0.3, -0.25) is 4.79 Å². The minimum Gasteiger partial charge on any atom is -0.351 e. The van der Waals surface area contributed by atoms with Crippen LogP contribution in [0.3, 0.4) is 0 Å². The summed E-state index contributed by atoms with van der Waals surface area (Å²) >= 11 is 0. The van der Waals surface area contributed by atoms with Crippen LogP contribution in [0, 0.1) is 17.0 Å². The molecule has 98 valence electrons. The minimum absolute atomic E-state index is 0.0967. The second kappa shape index (κ2) is 5.04. The Morgan fingerprint density at radius 2 is 2.00 bits per heavy atom. The van der Waals surface area contributed by atoms with Crippen LogP contribution in [-0.4, -0.2) is 12.5 Å².